The van der Waals surface area contributed by atoms with E-state index in [1.807, 2.05) is 0 Å². The number of esters is 1. The van der Waals surface area contributed by atoms with Crippen molar-refractivity contribution in [2.45, 2.75) is 26.3 Å². The van der Waals surface area contributed by atoms with Gasteiger partial charge in [-0.1, -0.05) is 0 Å². The highest BCUT2D eigenvalue weighted by molar-refractivity contribution is 5.93. The number of carboxylic acids is 2. The third kappa shape index (κ3) is 5.86. The van der Waals surface area contributed by atoms with Gasteiger partial charge in [0.1, 0.15) is 11.4 Å². The van der Waals surface area contributed by atoms with Gasteiger partial charge in [0.25, 0.3) is 0 Å². The minimum atomic E-state index is -1.39. The van der Waals surface area contributed by atoms with Crippen LogP contribution in [-0.2, 0) is 25.6 Å². The van der Waals surface area contributed by atoms with Gasteiger partial charge in [-0.2, -0.15) is 0 Å². The Morgan fingerprint density at radius 1 is 1.03 bits per heavy atom. The first-order valence-corrected chi connectivity index (χ1v) is 10.8. The van der Waals surface area contributed by atoms with E-state index in [1.165, 1.54) is 17.2 Å². The van der Waals surface area contributed by atoms with Gasteiger partial charge in [0, 0.05) is 44.3 Å². The van der Waals surface area contributed by atoms with Crippen LogP contribution in [0.4, 0.5) is 14.9 Å². The van der Waals surface area contributed by atoms with Gasteiger partial charge in [-0.25, -0.2) is 14.0 Å². The normalized spacial score (nSPS) is 13.5. The number of halogens is 1. The van der Waals surface area contributed by atoms with Gasteiger partial charge in [-0.05, 0) is 19.1 Å². The lowest BCUT2D eigenvalue weighted by Crippen LogP contribution is -2.49. The predicted molar refractivity (Wildman–Crippen MR) is 119 cm³/mol. The quantitative estimate of drug-likeness (QED) is 0.408. The zero-order valence-corrected chi connectivity index (χ0v) is 18.9. The molecule has 0 atom stereocenters. The molecule has 1 aliphatic heterocycles. The molecule has 13 heteroatoms. The van der Waals surface area contributed by atoms with Gasteiger partial charge in [-0.3, -0.25) is 14.4 Å². The molecule has 12 nitrogen and oxygen atoms in total. The number of aromatic carboxylic acids is 1. The summed E-state index contributed by atoms with van der Waals surface area (Å²) in [5, 5.41) is 17.8. The highest BCUT2D eigenvalue weighted by Gasteiger charge is 2.25. The van der Waals surface area contributed by atoms with E-state index >= 15 is 0 Å². The maximum atomic E-state index is 14.9. The van der Waals surface area contributed by atoms with Crippen molar-refractivity contribution in [1.82, 2.24) is 9.47 Å². The van der Waals surface area contributed by atoms with Crippen LogP contribution in [0.2, 0.25) is 0 Å². The number of aromatic nitrogens is 1. The van der Waals surface area contributed by atoms with Crippen molar-refractivity contribution in [3.05, 3.63) is 39.9 Å². The summed E-state index contributed by atoms with van der Waals surface area (Å²) in [4.78, 5) is 60.9. The Balaban J connectivity index is 1.65. The lowest BCUT2D eigenvalue weighted by molar-refractivity contribution is -0.154. The number of rotatable bonds is 8. The first-order valence-electron chi connectivity index (χ1n) is 10.8. The fourth-order valence-electron chi connectivity index (χ4n) is 3.70. The number of carboxylic acid groups (broad SMARTS) is 2. The lowest BCUT2D eigenvalue weighted by atomic mass is 10.1. The maximum Gasteiger partial charge on any atom is 0.412 e. The van der Waals surface area contributed by atoms with Crippen molar-refractivity contribution >= 4 is 40.6 Å². The number of piperazine rings is 1. The standard InChI is InChI=1S/C22H24FN3O9/c1-2-24-11-14(21(31)32)20(30)13-9-15(23)17(10-16(13)24)25-5-7-26(8-6-25)22(33)35-12-34-19(29)4-3-18(27)28/h9-11H,2-8,12H2,1H3,(H,27,28)(H,31,32). The molecule has 0 spiro atoms. The van der Waals surface area contributed by atoms with Crippen molar-refractivity contribution < 1.29 is 43.3 Å². The van der Waals surface area contributed by atoms with Gasteiger partial charge in [-0.15, -0.1) is 0 Å². The zero-order chi connectivity index (χ0) is 25.7. The molecule has 0 aliphatic carbocycles. The Hall–Kier alpha value is -4.16. The maximum absolute atomic E-state index is 14.9. The molecule has 1 saturated heterocycles. The molecular formula is C22H24FN3O9. The molecule has 2 heterocycles. The number of hydrogen-bond donors (Lipinski definition) is 2. The summed E-state index contributed by atoms with van der Waals surface area (Å²) in [5.74, 6) is -4.04. The van der Waals surface area contributed by atoms with E-state index in [4.69, 9.17) is 9.84 Å². The van der Waals surface area contributed by atoms with Crippen LogP contribution >= 0.6 is 0 Å². The molecule has 1 aliphatic rings. The number of nitrogens with zero attached hydrogens (tertiary/aromatic N) is 3. The largest absolute Gasteiger partial charge is 0.481 e. The number of fused-ring (bicyclic) bond motifs is 1. The van der Waals surface area contributed by atoms with Gasteiger partial charge in [0.15, 0.2) is 0 Å². The summed E-state index contributed by atoms with van der Waals surface area (Å²) in [6, 6.07) is 2.52. The summed E-state index contributed by atoms with van der Waals surface area (Å²) in [5.41, 5.74) is -0.599. The minimum absolute atomic E-state index is 0.0342. The number of benzene rings is 1. The van der Waals surface area contributed by atoms with Crippen LogP contribution in [0.25, 0.3) is 10.9 Å². The van der Waals surface area contributed by atoms with Crippen LogP contribution in [-0.4, -0.2) is 76.7 Å². The topological polar surface area (TPSA) is 156 Å². The van der Waals surface area contributed by atoms with Crippen LogP contribution in [0, 0.1) is 5.82 Å². The number of amides is 1. The second-order valence-corrected chi connectivity index (χ2v) is 7.70. The van der Waals surface area contributed by atoms with Gasteiger partial charge >= 0.3 is 24.0 Å². The SMILES string of the molecule is CCn1cc(C(=O)O)c(=O)c2cc(F)c(N3CCN(C(=O)OCOC(=O)CCC(=O)O)CC3)cc21. The van der Waals surface area contributed by atoms with Crippen molar-refractivity contribution in [3.8, 4) is 0 Å². The molecule has 1 amide bonds. The Kier molecular flexibility index (Phi) is 7.89. The summed E-state index contributed by atoms with van der Waals surface area (Å²) < 4.78 is 26.0. The van der Waals surface area contributed by atoms with Crippen LogP contribution < -0.4 is 10.3 Å². The summed E-state index contributed by atoms with van der Waals surface area (Å²) in [6.45, 7) is 2.35. The van der Waals surface area contributed by atoms with Crippen molar-refractivity contribution in [2.24, 2.45) is 0 Å². The van der Waals surface area contributed by atoms with Crippen molar-refractivity contribution in [1.29, 1.82) is 0 Å². The molecule has 35 heavy (non-hydrogen) atoms. The molecule has 0 saturated carbocycles. The van der Waals surface area contributed by atoms with Crippen LogP contribution in [0.1, 0.15) is 30.1 Å². The summed E-state index contributed by atoms with van der Waals surface area (Å²) >= 11 is 0. The average molecular weight is 493 g/mol. The Labute approximate surface area is 198 Å². The van der Waals surface area contributed by atoms with Crippen LogP contribution in [0.5, 0.6) is 0 Å². The van der Waals surface area contributed by atoms with E-state index in [9.17, 15) is 33.5 Å². The molecule has 2 aromatic rings. The Morgan fingerprint density at radius 2 is 1.71 bits per heavy atom. The molecule has 0 radical (unpaired) electrons. The average Bonchev–Trinajstić information content (AvgIpc) is 2.82. The van der Waals surface area contributed by atoms with Crippen LogP contribution in [0.15, 0.2) is 23.1 Å². The number of ether oxygens (including phenoxy) is 2. The lowest BCUT2D eigenvalue weighted by Gasteiger charge is -2.35. The van der Waals surface area contributed by atoms with E-state index in [0.717, 1.165) is 6.07 Å². The number of carbonyl (C=O) groups excluding carboxylic acids is 2. The first kappa shape index (κ1) is 25.5. The summed E-state index contributed by atoms with van der Waals surface area (Å²) in [6.07, 6.45) is -0.241. The van der Waals surface area contributed by atoms with Gasteiger partial charge < -0.3 is 34.1 Å². The monoisotopic (exact) mass is 493 g/mol. The Bertz CT molecular complexity index is 1220. The second-order valence-electron chi connectivity index (χ2n) is 7.70. The van der Waals surface area contributed by atoms with E-state index in [-0.39, 0.29) is 43.7 Å². The molecule has 1 fully saturated rings. The molecular weight excluding hydrogens is 469 g/mol. The number of hydrogen-bond acceptors (Lipinski definition) is 8. The van der Waals surface area contributed by atoms with Crippen LogP contribution in [0.3, 0.4) is 0 Å². The number of pyridine rings is 1. The third-order valence-electron chi connectivity index (χ3n) is 5.54. The van der Waals surface area contributed by atoms with E-state index in [0.29, 0.717) is 12.1 Å². The smallest absolute Gasteiger partial charge is 0.412 e. The molecule has 0 bridgehead atoms. The molecule has 188 valence electrons. The van der Waals surface area contributed by atoms with Crippen molar-refractivity contribution in [2.75, 3.05) is 37.9 Å². The predicted octanol–water partition coefficient (Wildman–Crippen LogP) is 1.48. The molecule has 3 rings (SSSR count). The first-order chi connectivity index (χ1) is 16.6. The molecule has 1 aromatic heterocycles. The Morgan fingerprint density at radius 3 is 2.31 bits per heavy atom. The van der Waals surface area contributed by atoms with Crippen molar-refractivity contribution in [3.63, 3.8) is 0 Å². The van der Waals surface area contributed by atoms with Gasteiger partial charge in [0.2, 0.25) is 12.2 Å². The fourth-order valence-corrected chi connectivity index (χ4v) is 3.70. The molecule has 1 aromatic carbocycles. The number of carbonyl (C=O) groups is 4. The number of aryl methyl sites for hydroxylation is 1. The van der Waals surface area contributed by atoms with Gasteiger partial charge in [0.05, 0.1) is 24.0 Å². The van der Waals surface area contributed by atoms with E-state index in [1.54, 1.807) is 16.4 Å². The molecule has 0 unspecified atom stereocenters. The molecule has 2 N–H and O–H groups in total. The zero-order valence-electron chi connectivity index (χ0n) is 18.9. The highest BCUT2D eigenvalue weighted by Crippen LogP contribution is 2.26. The second kappa shape index (κ2) is 10.8. The summed E-state index contributed by atoms with van der Waals surface area (Å²) in [7, 11) is 0. The third-order valence-corrected chi connectivity index (χ3v) is 5.54. The van der Waals surface area contributed by atoms with E-state index < -0.39 is 54.0 Å². The van der Waals surface area contributed by atoms with E-state index in [2.05, 4.69) is 4.74 Å². The number of anilines is 1. The highest BCUT2D eigenvalue weighted by atomic mass is 19.1. The minimum Gasteiger partial charge on any atom is -0.481 e. The fraction of sp³-hybridized carbons (Fsp3) is 0.409. The number of aliphatic carboxylic acids is 1.